The van der Waals surface area contributed by atoms with Gasteiger partial charge in [0.25, 0.3) is 11.5 Å². The number of nitrogens with zero attached hydrogens (tertiary/aromatic N) is 2. The molecule has 2 N–H and O–H groups in total. The SMILES string of the molecule is Cc1cccnc1-c1ccc(F)c(C(=O)N[C@@H](Cc2cccc3c(-c4c(C(F)(F)F)c5ccccc5n(C)c4=O)cccc23)C(=O)O)c1F. The number of hydrogen-bond donors (Lipinski definition) is 2. The number of benzene rings is 4. The minimum absolute atomic E-state index is 0.0280. The lowest BCUT2D eigenvalue weighted by molar-refractivity contribution is -0.139. The van der Waals surface area contributed by atoms with Crippen molar-refractivity contribution in [2.24, 2.45) is 7.05 Å². The van der Waals surface area contributed by atoms with E-state index in [0.29, 0.717) is 10.9 Å². The van der Waals surface area contributed by atoms with Gasteiger partial charge in [0, 0.05) is 30.6 Å². The Labute approximate surface area is 275 Å². The molecule has 0 saturated carbocycles. The molecule has 0 aliphatic heterocycles. The molecule has 6 aromatic rings. The second-order valence-electron chi connectivity index (χ2n) is 11.5. The van der Waals surface area contributed by atoms with Crippen LogP contribution < -0.4 is 10.9 Å². The number of carboxylic acids is 1. The number of pyridine rings is 2. The summed E-state index contributed by atoms with van der Waals surface area (Å²) in [6.45, 7) is 1.66. The zero-order chi connectivity index (χ0) is 35.2. The molecule has 7 nitrogen and oxygen atoms in total. The summed E-state index contributed by atoms with van der Waals surface area (Å²) in [5, 5.41) is 12.6. The fourth-order valence-corrected chi connectivity index (χ4v) is 6.17. The van der Waals surface area contributed by atoms with Crippen molar-refractivity contribution in [3.8, 4) is 22.4 Å². The van der Waals surface area contributed by atoms with Crippen molar-refractivity contribution in [3.63, 3.8) is 0 Å². The highest BCUT2D eigenvalue weighted by Crippen LogP contribution is 2.42. The van der Waals surface area contributed by atoms with Gasteiger partial charge < -0.3 is 15.0 Å². The summed E-state index contributed by atoms with van der Waals surface area (Å²) in [5.74, 6) is -5.30. The van der Waals surface area contributed by atoms with Crippen molar-refractivity contribution in [1.29, 1.82) is 0 Å². The van der Waals surface area contributed by atoms with Crippen LogP contribution in [0.15, 0.2) is 95.9 Å². The number of halogens is 5. The molecule has 1 amide bonds. The molecule has 6 rings (SSSR count). The Morgan fingerprint density at radius 1 is 0.878 bits per heavy atom. The number of hydrogen-bond acceptors (Lipinski definition) is 4. The highest BCUT2D eigenvalue weighted by Gasteiger charge is 2.38. The summed E-state index contributed by atoms with van der Waals surface area (Å²) in [7, 11) is 1.38. The largest absolute Gasteiger partial charge is 0.480 e. The Balaban J connectivity index is 1.42. The Morgan fingerprint density at radius 3 is 2.29 bits per heavy atom. The molecule has 0 aliphatic rings. The van der Waals surface area contributed by atoms with Crippen LogP contribution in [0.4, 0.5) is 22.0 Å². The molecular weight excluding hydrogens is 645 g/mol. The van der Waals surface area contributed by atoms with E-state index in [1.165, 1.54) is 67.8 Å². The average Bonchev–Trinajstić information content (AvgIpc) is 3.06. The Bertz CT molecular complexity index is 2370. The molecule has 2 heterocycles. The van der Waals surface area contributed by atoms with Gasteiger partial charge in [0.05, 0.1) is 22.3 Å². The van der Waals surface area contributed by atoms with Crippen molar-refractivity contribution in [2.45, 2.75) is 25.6 Å². The maximum absolute atomic E-state index is 15.6. The fraction of sp³-hybridized carbons (Fsp3) is 0.135. The number of aliphatic carboxylic acids is 1. The van der Waals surface area contributed by atoms with Crippen LogP contribution in [0.5, 0.6) is 0 Å². The predicted octanol–water partition coefficient (Wildman–Crippen LogP) is 7.45. The fourth-order valence-electron chi connectivity index (χ4n) is 6.17. The summed E-state index contributed by atoms with van der Waals surface area (Å²) < 4.78 is 75.6. The molecular formula is C37H26F5N3O4. The van der Waals surface area contributed by atoms with Crippen molar-refractivity contribution < 1.29 is 36.6 Å². The highest BCUT2D eigenvalue weighted by molar-refractivity contribution is 6.02. The molecule has 248 valence electrons. The highest BCUT2D eigenvalue weighted by atomic mass is 19.4. The maximum Gasteiger partial charge on any atom is 0.417 e. The van der Waals surface area contributed by atoms with Crippen LogP contribution in [0.2, 0.25) is 0 Å². The number of para-hydroxylation sites is 1. The first-order valence-corrected chi connectivity index (χ1v) is 14.9. The van der Waals surface area contributed by atoms with Crippen LogP contribution in [-0.4, -0.2) is 32.6 Å². The molecule has 0 unspecified atom stereocenters. The summed E-state index contributed by atoms with van der Waals surface area (Å²) >= 11 is 0. The van der Waals surface area contributed by atoms with Crippen molar-refractivity contribution >= 4 is 33.6 Å². The number of amides is 1. The Morgan fingerprint density at radius 2 is 1.57 bits per heavy atom. The number of rotatable bonds is 7. The lowest BCUT2D eigenvalue weighted by Crippen LogP contribution is -2.43. The van der Waals surface area contributed by atoms with Gasteiger partial charge in [0.15, 0.2) is 0 Å². The summed E-state index contributed by atoms with van der Waals surface area (Å²) in [4.78, 5) is 43.3. The maximum atomic E-state index is 15.6. The van der Waals surface area contributed by atoms with Crippen LogP contribution >= 0.6 is 0 Å². The molecule has 0 aliphatic carbocycles. The second kappa shape index (κ2) is 12.6. The van der Waals surface area contributed by atoms with Gasteiger partial charge in [-0.3, -0.25) is 14.6 Å². The van der Waals surface area contributed by atoms with Crippen LogP contribution in [0.3, 0.4) is 0 Å². The van der Waals surface area contributed by atoms with Crippen LogP contribution in [0.1, 0.15) is 27.0 Å². The van der Waals surface area contributed by atoms with Gasteiger partial charge in [-0.15, -0.1) is 0 Å². The minimum atomic E-state index is -4.90. The number of fused-ring (bicyclic) bond motifs is 2. The van der Waals surface area contributed by atoms with Crippen molar-refractivity contribution in [3.05, 3.63) is 135 Å². The van der Waals surface area contributed by atoms with E-state index in [1.54, 1.807) is 25.1 Å². The zero-order valence-electron chi connectivity index (χ0n) is 25.9. The van der Waals surface area contributed by atoms with Gasteiger partial charge in [-0.2, -0.15) is 13.2 Å². The van der Waals surface area contributed by atoms with E-state index in [2.05, 4.69) is 10.3 Å². The van der Waals surface area contributed by atoms with E-state index < -0.39 is 64.4 Å². The number of carbonyl (C=O) groups excluding carboxylic acids is 1. The van der Waals surface area contributed by atoms with Gasteiger partial charge >= 0.3 is 12.1 Å². The van der Waals surface area contributed by atoms with Crippen LogP contribution in [0.25, 0.3) is 44.1 Å². The standard InChI is InChI=1S/C37H26F5N3O4/c1-19-8-7-17-43-33(19)25-15-16-26(38)30(32(25)39)34(46)44-27(36(48)49)18-20-9-5-12-22-21(20)11-6-13-23(22)29-31(37(40,41)42)24-10-3-4-14-28(24)45(2)35(29)47/h3-17,27H,18H2,1-2H3,(H,44,46)(H,48,49)/t27-/m0/s1. The predicted molar refractivity (Wildman–Crippen MR) is 174 cm³/mol. The van der Waals surface area contributed by atoms with Crippen LogP contribution in [0, 0.1) is 18.6 Å². The summed E-state index contributed by atoms with van der Waals surface area (Å²) in [6.07, 6.45) is -3.91. The second-order valence-corrected chi connectivity index (χ2v) is 11.5. The van der Waals surface area contributed by atoms with E-state index in [9.17, 15) is 37.1 Å². The molecule has 0 bridgehead atoms. The lowest BCUT2D eigenvalue weighted by atomic mass is 9.90. The first-order valence-electron chi connectivity index (χ1n) is 14.9. The molecule has 2 aromatic heterocycles. The Kier molecular flexibility index (Phi) is 8.49. The van der Waals surface area contributed by atoms with E-state index in [4.69, 9.17) is 0 Å². The first kappa shape index (κ1) is 33.0. The van der Waals surface area contributed by atoms with Gasteiger partial charge in [0.2, 0.25) is 0 Å². The van der Waals surface area contributed by atoms with E-state index in [-0.39, 0.29) is 38.7 Å². The molecule has 4 aromatic carbocycles. The van der Waals surface area contributed by atoms with Crippen molar-refractivity contribution in [1.82, 2.24) is 14.9 Å². The number of alkyl halides is 3. The normalized spacial score (nSPS) is 12.3. The zero-order valence-corrected chi connectivity index (χ0v) is 25.9. The average molecular weight is 672 g/mol. The van der Waals surface area contributed by atoms with Gasteiger partial charge in [-0.1, -0.05) is 60.7 Å². The van der Waals surface area contributed by atoms with Gasteiger partial charge in [-0.25, -0.2) is 13.6 Å². The molecule has 49 heavy (non-hydrogen) atoms. The number of nitrogens with one attached hydrogen (secondary N) is 1. The third-order valence-electron chi connectivity index (χ3n) is 8.48. The minimum Gasteiger partial charge on any atom is -0.480 e. The first-order chi connectivity index (χ1) is 23.3. The number of carboxylic acid groups (broad SMARTS) is 1. The lowest BCUT2D eigenvalue weighted by Gasteiger charge is -2.20. The van der Waals surface area contributed by atoms with Gasteiger partial charge in [-0.05, 0) is 58.7 Å². The topological polar surface area (TPSA) is 101 Å². The van der Waals surface area contributed by atoms with Crippen LogP contribution in [-0.2, 0) is 24.4 Å². The van der Waals surface area contributed by atoms with E-state index in [0.717, 1.165) is 16.7 Å². The monoisotopic (exact) mass is 671 g/mol. The molecule has 0 saturated heterocycles. The molecule has 12 heteroatoms. The van der Waals surface area contributed by atoms with Crippen molar-refractivity contribution in [2.75, 3.05) is 0 Å². The third kappa shape index (κ3) is 5.90. The number of aryl methyl sites for hydroxylation is 2. The Hall–Kier alpha value is -5.91. The van der Waals surface area contributed by atoms with E-state index in [1.807, 2.05) is 0 Å². The van der Waals surface area contributed by atoms with Gasteiger partial charge in [0.1, 0.15) is 23.2 Å². The quantitative estimate of drug-likeness (QED) is 0.172. The summed E-state index contributed by atoms with van der Waals surface area (Å²) in [6, 6.07) is 18.2. The molecule has 0 fully saturated rings. The smallest absolute Gasteiger partial charge is 0.417 e. The summed E-state index contributed by atoms with van der Waals surface area (Å²) in [5.41, 5.74) is -2.63. The number of carbonyl (C=O) groups is 2. The molecule has 0 radical (unpaired) electrons. The van der Waals surface area contributed by atoms with E-state index >= 15 is 4.39 Å². The third-order valence-corrected chi connectivity index (χ3v) is 8.48. The molecule has 1 atom stereocenters. The molecule has 0 spiro atoms. The number of aromatic nitrogens is 2.